The van der Waals surface area contributed by atoms with Gasteiger partial charge in [0.25, 0.3) is 5.91 Å². The van der Waals surface area contributed by atoms with E-state index in [9.17, 15) is 4.79 Å². The lowest BCUT2D eigenvalue weighted by Crippen LogP contribution is -2.71. The van der Waals surface area contributed by atoms with Crippen molar-refractivity contribution < 1.29 is 9.53 Å². The molecule has 9 nitrogen and oxygen atoms in total. The molecule has 2 aliphatic heterocycles. The van der Waals surface area contributed by atoms with Crippen molar-refractivity contribution in [1.29, 1.82) is 0 Å². The predicted octanol–water partition coefficient (Wildman–Crippen LogP) is 2.87. The van der Waals surface area contributed by atoms with Gasteiger partial charge in [0.15, 0.2) is 0 Å². The molecule has 2 aliphatic rings. The summed E-state index contributed by atoms with van der Waals surface area (Å²) in [4.78, 5) is 23.2. The monoisotopic (exact) mass is 445 g/mol. The zero-order valence-electron chi connectivity index (χ0n) is 18.5. The number of benzene rings is 1. The van der Waals surface area contributed by atoms with E-state index in [4.69, 9.17) is 10.5 Å². The Morgan fingerprint density at radius 1 is 1.09 bits per heavy atom. The maximum absolute atomic E-state index is 12.0. The van der Waals surface area contributed by atoms with Crippen molar-refractivity contribution in [3.63, 3.8) is 0 Å². The fourth-order valence-corrected chi connectivity index (χ4v) is 4.25. The van der Waals surface area contributed by atoms with Gasteiger partial charge >= 0.3 is 0 Å². The summed E-state index contributed by atoms with van der Waals surface area (Å²) in [6, 6.07) is 13.3. The fraction of sp³-hybridized carbons (Fsp3) is 0.292. The summed E-state index contributed by atoms with van der Waals surface area (Å²) in [5, 5.41) is 9.81. The van der Waals surface area contributed by atoms with E-state index in [1.54, 1.807) is 6.07 Å². The average molecular weight is 446 g/mol. The van der Waals surface area contributed by atoms with Gasteiger partial charge in [-0.1, -0.05) is 12.1 Å². The summed E-state index contributed by atoms with van der Waals surface area (Å²) in [5.74, 6) is 1.32. The number of hydrogen-bond donors (Lipinski definition) is 4. The van der Waals surface area contributed by atoms with Gasteiger partial charge in [0.05, 0.1) is 35.4 Å². The van der Waals surface area contributed by atoms with Crippen molar-refractivity contribution in [3.05, 3.63) is 60.4 Å². The second kappa shape index (κ2) is 8.59. The van der Waals surface area contributed by atoms with E-state index >= 15 is 0 Å². The van der Waals surface area contributed by atoms with Gasteiger partial charge in [-0.05, 0) is 31.2 Å². The molecule has 2 aromatic heterocycles. The number of carbonyl (C=O) groups excluding carboxylic acids is 1. The third-order valence-electron chi connectivity index (χ3n) is 6.05. The number of nitrogens with zero attached hydrogens (tertiary/aromatic N) is 3. The molecule has 33 heavy (non-hydrogen) atoms. The largest absolute Gasteiger partial charge is 0.492 e. The molecular weight excluding hydrogens is 418 g/mol. The Balaban J connectivity index is 1.32. The van der Waals surface area contributed by atoms with Gasteiger partial charge in [0.1, 0.15) is 17.4 Å². The average Bonchev–Trinajstić information content (AvgIpc) is 2.74. The number of primary amides is 1. The van der Waals surface area contributed by atoms with Crippen molar-refractivity contribution in [3.8, 4) is 5.75 Å². The fourth-order valence-electron chi connectivity index (χ4n) is 4.25. The molecule has 9 heteroatoms. The summed E-state index contributed by atoms with van der Waals surface area (Å²) >= 11 is 0. The minimum absolute atomic E-state index is 0.285. The van der Waals surface area contributed by atoms with Crippen LogP contribution in [0.2, 0.25) is 0 Å². The van der Waals surface area contributed by atoms with Crippen molar-refractivity contribution in [2.45, 2.75) is 6.92 Å². The number of hydrogen-bond acceptors (Lipinski definition) is 8. The molecule has 5 N–H and O–H groups in total. The first-order valence-electron chi connectivity index (χ1n) is 11.0. The topological polar surface area (TPSA) is 117 Å². The minimum atomic E-state index is -0.568. The van der Waals surface area contributed by atoms with E-state index in [2.05, 4.69) is 36.9 Å². The van der Waals surface area contributed by atoms with Crippen LogP contribution in [0.3, 0.4) is 0 Å². The highest BCUT2D eigenvalue weighted by atomic mass is 16.5. The van der Waals surface area contributed by atoms with E-state index in [1.165, 1.54) is 6.20 Å². The molecule has 0 bridgehead atoms. The Bertz CT molecular complexity index is 1150. The van der Waals surface area contributed by atoms with E-state index in [0.29, 0.717) is 35.1 Å². The quantitative estimate of drug-likeness (QED) is 0.418. The normalized spacial score (nSPS) is 16.0. The van der Waals surface area contributed by atoms with Gasteiger partial charge in [-0.25, -0.2) is 9.97 Å². The lowest BCUT2D eigenvalue weighted by Gasteiger charge is -2.57. The lowest BCUT2D eigenvalue weighted by atomic mass is 9.74. The molecule has 0 aliphatic carbocycles. The SMILES string of the molecule is CCOc1ccccc1Nc1cc(Nc2ccc(N3CC4(CNC4)C3)cn2)ncc1C(N)=O. The number of anilines is 5. The molecule has 0 radical (unpaired) electrons. The van der Waals surface area contributed by atoms with Gasteiger partial charge < -0.3 is 31.3 Å². The molecule has 5 rings (SSSR count). The van der Waals surface area contributed by atoms with Crippen LogP contribution in [0.5, 0.6) is 5.75 Å². The number of rotatable bonds is 8. The van der Waals surface area contributed by atoms with Crippen LogP contribution in [0.25, 0.3) is 0 Å². The Morgan fingerprint density at radius 2 is 1.88 bits per heavy atom. The van der Waals surface area contributed by atoms with Crippen LogP contribution < -0.4 is 31.3 Å². The second-order valence-corrected chi connectivity index (χ2v) is 8.52. The van der Waals surface area contributed by atoms with E-state index in [-0.39, 0.29) is 5.56 Å². The molecule has 170 valence electrons. The number of aromatic nitrogens is 2. The van der Waals surface area contributed by atoms with E-state index in [1.807, 2.05) is 43.5 Å². The Hall–Kier alpha value is -3.85. The summed E-state index contributed by atoms with van der Waals surface area (Å²) in [6.07, 6.45) is 3.33. The van der Waals surface area contributed by atoms with Crippen LogP contribution in [-0.2, 0) is 0 Å². The second-order valence-electron chi connectivity index (χ2n) is 8.52. The minimum Gasteiger partial charge on any atom is -0.492 e. The van der Waals surface area contributed by atoms with E-state index in [0.717, 1.165) is 37.6 Å². The maximum atomic E-state index is 12.0. The summed E-state index contributed by atoms with van der Waals surface area (Å²) in [6.45, 7) is 6.81. The molecule has 1 amide bonds. The predicted molar refractivity (Wildman–Crippen MR) is 129 cm³/mol. The molecule has 3 aromatic rings. The molecular formula is C24H27N7O2. The summed E-state index contributed by atoms with van der Waals surface area (Å²) < 4.78 is 5.68. The zero-order chi connectivity index (χ0) is 22.8. The van der Waals surface area contributed by atoms with E-state index < -0.39 is 5.91 Å². The van der Waals surface area contributed by atoms with Crippen LogP contribution in [0.15, 0.2) is 54.9 Å². The first-order valence-corrected chi connectivity index (χ1v) is 11.0. The number of pyridine rings is 2. The van der Waals surface area contributed by atoms with Crippen LogP contribution >= 0.6 is 0 Å². The molecule has 0 saturated carbocycles. The van der Waals surface area contributed by atoms with Crippen molar-refractivity contribution in [2.75, 3.05) is 48.3 Å². The van der Waals surface area contributed by atoms with Gasteiger partial charge in [0.2, 0.25) is 0 Å². The Morgan fingerprint density at radius 3 is 2.55 bits per heavy atom. The number of nitrogens with one attached hydrogen (secondary N) is 3. The standard InChI is InChI=1S/C24H27N7O2/c1-2-33-20-6-4-3-5-18(20)29-19-9-22(28-11-17(19)23(25)32)30-21-8-7-16(10-27-21)31-14-24(15-31)12-26-13-24/h3-11,26H,2,12-15H2,1H3,(H2,25,32)(H2,27,28,29,30). The molecule has 1 spiro atoms. The van der Waals surface area contributed by atoms with Crippen LogP contribution in [-0.4, -0.2) is 48.7 Å². The third-order valence-corrected chi connectivity index (χ3v) is 6.05. The molecule has 2 fully saturated rings. The van der Waals surface area contributed by atoms with Gasteiger partial charge in [-0.2, -0.15) is 0 Å². The first kappa shape index (κ1) is 21.0. The molecule has 0 unspecified atom stereocenters. The van der Waals surface area contributed by atoms with Gasteiger partial charge in [-0.15, -0.1) is 0 Å². The first-order chi connectivity index (χ1) is 16.0. The van der Waals surface area contributed by atoms with Crippen molar-refractivity contribution in [1.82, 2.24) is 15.3 Å². The van der Waals surface area contributed by atoms with Gasteiger partial charge in [0, 0.05) is 43.9 Å². The molecule has 1 aromatic carbocycles. The van der Waals surface area contributed by atoms with Crippen LogP contribution in [0.1, 0.15) is 17.3 Å². The Labute approximate surface area is 192 Å². The van der Waals surface area contributed by atoms with Crippen LogP contribution in [0, 0.1) is 5.41 Å². The summed E-state index contributed by atoms with van der Waals surface area (Å²) in [5.41, 5.74) is 8.70. The Kier molecular flexibility index (Phi) is 5.47. The van der Waals surface area contributed by atoms with Crippen molar-refractivity contribution in [2.24, 2.45) is 11.1 Å². The highest BCUT2D eigenvalue weighted by molar-refractivity contribution is 5.99. The smallest absolute Gasteiger partial charge is 0.252 e. The number of amides is 1. The number of nitrogens with two attached hydrogens (primary N) is 1. The summed E-state index contributed by atoms with van der Waals surface area (Å²) in [7, 11) is 0. The van der Waals surface area contributed by atoms with Crippen molar-refractivity contribution >= 4 is 34.6 Å². The lowest BCUT2D eigenvalue weighted by molar-refractivity contribution is 0.100. The highest BCUT2D eigenvalue weighted by Gasteiger charge is 2.47. The van der Waals surface area contributed by atoms with Gasteiger partial charge in [-0.3, -0.25) is 4.79 Å². The van der Waals surface area contributed by atoms with Crippen LogP contribution in [0.4, 0.5) is 28.7 Å². The molecule has 2 saturated heterocycles. The molecule has 4 heterocycles. The number of ether oxygens (including phenoxy) is 1. The number of carbonyl (C=O) groups is 1. The maximum Gasteiger partial charge on any atom is 0.252 e. The highest BCUT2D eigenvalue weighted by Crippen LogP contribution is 2.37. The third kappa shape index (κ3) is 4.27. The molecule has 0 atom stereocenters. The zero-order valence-corrected chi connectivity index (χ0v) is 18.5. The number of para-hydroxylation sites is 2.